The fraction of sp³-hybridized carbons (Fsp3) is 0. The van der Waals surface area contributed by atoms with Crippen molar-refractivity contribution in [2.75, 3.05) is 0 Å². The van der Waals surface area contributed by atoms with Gasteiger partial charge >= 0.3 is 0 Å². The van der Waals surface area contributed by atoms with Gasteiger partial charge in [0.1, 0.15) is 0 Å². The van der Waals surface area contributed by atoms with Crippen molar-refractivity contribution < 1.29 is 0 Å². The molecule has 0 amide bonds. The van der Waals surface area contributed by atoms with Gasteiger partial charge in [0.05, 0.1) is 0 Å². The van der Waals surface area contributed by atoms with Crippen LogP contribution in [0.4, 0.5) is 0 Å². The summed E-state index contributed by atoms with van der Waals surface area (Å²) in [7, 11) is 0. The lowest BCUT2D eigenvalue weighted by Crippen LogP contribution is -1.84. The number of rotatable bonds is 2. The van der Waals surface area contributed by atoms with E-state index in [2.05, 4.69) is 133 Å². The molecule has 0 heteroatoms. The Labute approximate surface area is 210 Å². The topological polar surface area (TPSA) is 0 Å². The van der Waals surface area contributed by atoms with E-state index in [4.69, 9.17) is 0 Å². The molecular formula is C36H22. The van der Waals surface area contributed by atoms with Gasteiger partial charge in [-0.3, -0.25) is 0 Å². The number of hydrogen-bond acceptors (Lipinski definition) is 0. The molecule has 7 aromatic rings. The average molecular weight is 455 g/mol. The molecular weight excluding hydrogens is 432 g/mol. The molecule has 0 atom stereocenters. The minimum atomic E-state index is 1.25. The second-order valence-corrected chi connectivity index (χ2v) is 9.81. The molecule has 0 heterocycles. The van der Waals surface area contributed by atoms with Gasteiger partial charge in [0, 0.05) is 0 Å². The van der Waals surface area contributed by atoms with Crippen LogP contribution in [0.5, 0.6) is 0 Å². The summed E-state index contributed by atoms with van der Waals surface area (Å²) in [4.78, 5) is 0. The number of hydrogen-bond donors (Lipinski definition) is 0. The Hall–Kier alpha value is -4.68. The second-order valence-electron chi connectivity index (χ2n) is 9.81. The molecule has 0 N–H and O–H groups in total. The first-order chi connectivity index (χ1) is 17.8. The maximum atomic E-state index is 2.38. The van der Waals surface area contributed by atoms with E-state index in [9.17, 15) is 0 Å². The van der Waals surface area contributed by atoms with Crippen molar-refractivity contribution in [1.82, 2.24) is 0 Å². The molecule has 0 aliphatic heterocycles. The summed E-state index contributed by atoms with van der Waals surface area (Å²) < 4.78 is 0. The lowest BCUT2D eigenvalue weighted by molar-refractivity contribution is 1.65. The highest BCUT2D eigenvalue weighted by Gasteiger charge is 2.21. The van der Waals surface area contributed by atoms with Crippen LogP contribution < -0.4 is 0 Å². The molecule has 166 valence electrons. The Bertz CT molecular complexity index is 1990. The third kappa shape index (κ3) is 2.88. The summed E-state index contributed by atoms with van der Waals surface area (Å²) in [5, 5.41) is 7.77. The molecule has 0 nitrogen and oxygen atoms in total. The Morgan fingerprint density at radius 3 is 1.44 bits per heavy atom. The summed E-state index contributed by atoms with van der Waals surface area (Å²) in [6.07, 6.45) is 0. The quantitative estimate of drug-likeness (QED) is 0.244. The molecule has 0 fully saturated rings. The van der Waals surface area contributed by atoms with Crippen molar-refractivity contribution in [2.24, 2.45) is 0 Å². The van der Waals surface area contributed by atoms with Crippen molar-refractivity contribution in [3.8, 4) is 44.5 Å². The van der Waals surface area contributed by atoms with E-state index in [-0.39, 0.29) is 0 Å². The van der Waals surface area contributed by atoms with E-state index in [0.717, 1.165) is 0 Å². The van der Waals surface area contributed by atoms with Crippen LogP contribution in [0.15, 0.2) is 133 Å². The zero-order chi connectivity index (χ0) is 23.6. The van der Waals surface area contributed by atoms with E-state index < -0.39 is 0 Å². The van der Waals surface area contributed by atoms with Gasteiger partial charge in [0.25, 0.3) is 0 Å². The molecule has 1 aliphatic rings. The highest BCUT2D eigenvalue weighted by Crippen LogP contribution is 2.48. The fourth-order valence-corrected chi connectivity index (χ4v) is 5.96. The van der Waals surface area contributed by atoms with Crippen molar-refractivity contribution >= 4 is 32.3 Å². The highest BCUT2D eigenvalue weighted by atomic mass is 14.2. The number of fused-ring (bicyclic) bond motifs is 5. The van der Waals surface area contributed by atoms with Crippen LogP contribution in [0, 0.1) is 0 Å². The molecule has 36 heavy (non-hydrogen) atoms. The largest absolute Gasteiger partial charge is 0.0616 e. The maximum Gasteiger partial charge on any atom is -0.00259 e. The minimum Gasteiger partial charge on any atom is -0.0616 e. The van der Waals surface area contributed by atoms with E-state index in [1.165, 1.54) is 76.8 Å². The predicted octanol–water partition coefficient (Wildman–Crippen LogP) is 10.1. The van der Waals surface area contributed by atoms with Gasteiger partial charge < -0.3 is 0 Å². The van der Waals surface area contributed by atoms with Gasteiger partial charge in [-0.25, -0.2) is 0 Å². The van der Waals surface area contributed by atoms with E-state index in [0.29, 0.717) is 0 Å². The van der Waals surface area contributed by atoms with Crippen molar-refractivity contribution in [3.63, 3.8) is 0 Å². The summed E-state index contributed by atoms with van der Waals surface area (Å²) in [5.74, 6) is 0. The first-order valence-corrected chi connectivity index (χ1v) is 12.5. The molecule has 0 bridgehead atoms. The maximum absolute atomic E-state index is 2.38. The third-order valence-corrected chi connectivity index (χ3v) is 7.74. The van der Waals surface area contributed by atoms with Gasteiger partial charge in [0.15, 0.2) is 0 Å². The van der Waals surface area contributed by atoms with E-state index in [1.54, 1.807) is 0 Å². The second kappa shape index (κ2) is 7.41. The summed E-state index contributed by atoms with van der Waals surface area (Å²) in [6, 6.07) is 49.1. The molecule has 0 spiro atoms. The van der Waals surface area contributed by atoms with Crippen LogP contribution >= 0.6 is 0 Å². The highest BCUT2D eigenvalue weighted by molar-refractivity contribution is 6.16. The first-order valence-electron chi connectivity index (χ1n) is 12.5. The normalized spacial score (nSPS) is 11.9. The lowest BCUT2D eigenvalue weighted by atomic mass is 9.94. The van der Waals surface area contributed by atoms with Crippen LogP contribution in [-0.2, 0) is 0 Å². The summed E-state index contributed by atoms with van der Waals surface area (Å²) in [6.45, 7) is 0. The van der Waals surface area contributed by atoms with Crippen LogP contribution in [0.1, 0.15) is 0 Å². The van der Waals surface area contributed by atoms with Crippen LogP contribution in [0.3, 0.4) is 0 Å². The van der Waals surface area contributed by atoms with E-state index >= 15 is 0 Å². The smallest absolute Gasteiger partial charge is 0.00259 e. The number of benzene rings is 7. The molecule has 0 aromatic heterocycles. The Morgan fingerprint density at radius 1 is 0.250 bits per heavy atom. The summed E-state index contributed by atoms with van der Waals surface area (Å²) >= 11 is 0. The molecule has 0 unspecified atom stereocenters. The lowest BCUT2D eigenvalue weighted by Gasteiger charge is -2.10. The van der Waals surface area contributed by atoms with Gasteiger partial charge in [-0.1, -0.05) is 103 Å². The van der Waals surface area contributed by atoms with Gasteiger partial charge in [-0.05, 0) is 107 Å². The Balaban J connectivity index is 1.24. The van der Waals surface area contributed by atoms with Crippen LogP contribution in [0.25, 0.3) is 76.8 Å². The Morgan fingerprint density at radius 2 is 0.722 bits per heavy atom. The molecule has 0 saturated carbocycles. The summed E-state index contributed by atoms with van der Waals surface area (Å²) in [5.41, 5.74) is 10.4. The molecule has 1 aliphatic carbocycles. The standard InChI is InChI=1S/C36H22/c1-2-7-24-18-25(13-12-23(24)6-1)26-14-15-28-20-29(17-16-27(28)19-26)31-21-30-8-5-11-34-32-9-3-4-10-33(32)35(22-31)36(30)34/h1-22H. The zero-order valence-electron chi connectivity index (χ0n) is 19.7. The first kappa shape index (κ1) is 19.6. The Kier molecular flexibility index (Phi) is 4.03. The fourth-order valence-electron chi connectivity index (χ4n) is 5.96. The van der Waals surface area contributed by atoms with Gasteiger partial charge in [0.2, 0.25) is 0 Å². The molecule has 8 rings (SSSR count). The monoisotopic (exact) mass is 454 g/mol. The zero-order valence-corrected chi connectivity index (χ0v) is 19.7. The average Bonchev–Trinajstić information content (AvgIpc) is 3.27. The van der Waals surface area contributed by atoms with Crippen molar-refractivity contribution in [3.05, 3.63) is 133 Å². The van der Waals surface area contributed by atoms with Gasteiger partial charge in [-0.2, -0.15) is 0 Å². The van der Waals surface area contributed by atoms with Crippen LogP contribution in [-0.4, -0.2) is 0 Å². The SMILES string of the molecule is c1ccc2c(c1)-c1cccc3cc(-c4ccc5cc(-c6ccc7ccccc7c6)ccc5c4)cc-2c13. The van der Waals surface area contributed by atoms with Crippen molar-refractivity contribution in [2.45, 2.75) is 0 Å². The van der Waals surface area contributed by atoms with Crippen molar-refractivity contribution in [1.29, 1.82) is 0 Å². The molecule has 0 saturated heterocycles. The predicted molar refractivity (Wildman–Crippen MR) is 154 cm³/mol. The third-order valence-electron chi connectivity index (χ3n) is 7.74. The minimum absolute atomic E-state index is 1.25. The van der Waals surface area contributed by atoms with Crippen LogP contribution in [0.2, 0.25) is 0 Å². The molecule has 7 aromatic carbocycles. The molecule has 0 radical (unpaired) electrons. The van der Waals surface area contributed by atoms with E-state index in [1.807, 2.05) is 0 Å². The van der Waals surface area contributed by atoms with Gasteiger partial charge in [-0.15, -0.1) is 0 Å².